The van der Waals surface area contributed by atoms with Gasteiger partial charge in [0, 0.05) is 5.56 Å². The van der Waals surface area contributed by atoms with Crippen LogP contribution in [-0.4, -0.2) is 34.6 Å². The van der Waals surface area contributed by atoms with E-state index in [0.717, 1.165) is 5.75 Å². The third-order valence-corrected chi connectivity index (χ3v) is 5.94. The number of methoxy groups -OCH3 is 1. The standard InChI is InChI=1S/C22H21ClN2O5S/c1-29-17-8-10-18(11-9-17)30-14-13-24-22(26)16-7-12-21(20(23)15-16)25-31(27,28)19-5-3-2-4-6-19/h2-12,15,25H,13-14H2,1H3,(H,24,26). The van der Waals surface area contributed by atoms with Crippen LogP contribution in [0.15, 0.2) is 77.7 Å². The number of ether oxygens (including phenoxy) is 2. The van der Waals surface area contributed by atoms with Crippen LogP contribution < -0.4 is 19.5 Å². The Balaban J connectivity index is 1.54. The number of nitrogens with one attached hydrogen (secondary N) is 2. The minimum absolute atomic E-state index is 0.113. The van der Waals surface area contributed by atoms with Gasteiger partial charge in [-0.2, -0.15) is 0 Å². The zero-order valence-electron chi connectivity index (χ0n) is 16.7. The van der Waals surface area contributed by atoms with E-state index in [9.17, 15) is 13.2 Å². The predicted molar refractivity (Wildman–Crippen MR) is 120 cm³/mol. The zero-order valence-corrected chi connectivity index (χ0v) is 18.2. The van der Waals surface area contributed by atoms with Crippen LogP contribution in [0.25, 0.3) is 0 Å². The fourth-order valence-corrected chi connectivity index (χ4v) is 4.03. The van der Waals surface area contributed by atoms with Crippen LogP contribution in [-0.2, 0) is 10.0 Å². The molecule has 162 valence electrons. The first-order valence-corrected chi connectivity index (χ1v) is 11.2. The lowest BCUT2D eigenvalue weighted by Gasteiger charge is -2.11. The summed E-state index contributed by atoms with van der Waals surface area (Å²) in [7, 11) is -2.19. The molecular weight excluding hydrogens is 440 g/mol. The van der Waals surface area contributed by atoms with Crippen LogP contribution in [0.3, 0.4) is 0 Å². The Kier molecular flexibility index (Phi) is 7.38. The van der Waals surface area contributed by atoms with Crippen molar-refractivity contribution in [2.75, 3.05) is 25.0 Å². The summed E-state index contributed by atoms with van der Waals surface area (Å²) >= 11 is 6.19. The smallest absolute Gasteiger partial charge is 0.261 e. The van der Waals surface area contributed by atoms with Gasteiger partial charge in [-0.3, -0.25) is 9.52 Å². The van der Waals surface area contributed by atoms with E-state index >= 15 is 0 Å². The molecule has 0 aliphatic carbocycles. The van der Waals surface area contributed by atoms with Crippen molar-refractivity contribution in [1.82, 2.24) is 5.32 Å². The number of carbonyl (C=O) groups is 1. The van der Waals surface area contributed by atoms with E-state index in [4.69, 9.17) is 21.1 Å². The summed E-state index contributed by atoms with van der Waals surface area (Å²) in [6.45, 7) is 0.561. The maximum absolute atomic E-state index is 12.4. The molecule has 0 unspecified atom stereocenters. The van der Waals surface area contributed by atoms with Crippen LogP contribution in [0.1, 0.15) is 10.4 Å². The van der Waals surface area contributed by atoms with Crippen LogP contribution in [0, 0.1) is 0 Å². The first kappa shape index (κ1) is 22.5. The molecule has 0 aliphatic rings. The second-order valence-corrected chi connectivity index (χ2v) is 8.48. The minimum Gasteiger partial charge on any atom is -0.497 e. The predicted octanol–water partition coefficient (Wildman–Crippen LogP) is 3.96. The molecule has 0 spiro atoms. The first-order chi connectivity index (χ1) is 14.9. The highest BCUT2D eigenvalue weighted by Crippen LogP contribution is 2.26. The fraction of sp³-hybridized carbons (Fsp3) is 0.136. The van der Waals surface area contributed by atoms with Gasteiger partial charge in [0.2, 0.25) is 0 Å². The van der Waals surface area contributed by atoms with Crippen molar-refractivity contribution in [2.45, 2.75) is 4.90 Å². The molecule has 0 bridgehead atoms. The zero-order chi connectivity index (χ0) is 22.3. The van der Waals surface area contributed by atoms with Crippen LogP contribution in [0.5, 0.6) is 11.5 Å². The molecule has 0 fully saturated rings. The molecule has 3 aromatic rings. The SMILES string of the molecule is COc1ccc(OCCNC(=O)c2ccc(NS(=O)(=O)c3ccccc3)c(Cl)c2)cc1. The summed E-state index contributed by atoms with van der Waals surface area (Å²) in [5.41, 5.74) is 0.488. The number of anilines is 1. The topological polar surface area (TPSA) is 93.7 Å². The van der Waals surface area contributed by atoms with Crippen LogP contribution in [0.2, 0.25) is 5.02 Å². The van der Waals surface area contributed by atoms with Crippen molar-refractivity contribution in [1.29, 1.82) is 0 Å². The van der Waals surface area contributed by atoms with Crippen LogP contribution >= 0.6 is 11.6 Å². The van der Waals surface area contributed by atoms with Crippen molar-refractivity contribution in [3.05, 3.63) is 83.4 Å². The van der Waals surface area contributed by atoms with Gasteiger partial charge >= 0.3 is 0 Å². The van der Waals surface area contributed by atoms with E-state index in [2.05, 4.69) is 10.0 Å². The molecule has 7 nitrogen and oxygen atoms in total. The largest absolute Gasteiger partial charge is 0.497 e. The van der Waals surface area contributed by atoms with E-state index in [1.165, 1.54) is 30.3 Å². The molecule has 3 aromatic carbocycles. The lowest BCUT2D eigenvalue weighted by Crippen LogP contribution is -2.28. The maximum Gasteiger partial charge on any atom is 0.261 e. The monoisotopic (exact) mass is 460 g/mol. The minimum atomic E-state index is -3.78. The Labute approximate surface area is 186 Å². The van der Waals surface area contributed by atoms with Crippen molar-refractivity contribution in [3.8, 4) is 11.5 Å². The summed E-state index contributed by atoms with van der Waals surface area (Å²) in [5.74, 6) is 1.04. The fourth-order valence-electron chi connectivity index (χ4n) is 2.65. The Bertz CT molecular complexity index is 1140. The molecular formula is C22H21ClN2O5S. The number of benzene rings is 3. The van der Waals surface area contributed by atoms with Crippen molar-refractivity contribution in [2.24, 2.45) is 0 Å². The normalized spacial score (nSPS) is 10.9. The number of rotatable bonds is 9. The molecule has 0 saturated heterocycles. The number of carbonyl (C=O) groups excluding carboxylic acids is 1. The number of sulfonamides is 1. The molecule has 0 atom stereocenters. The highest BCUT2D eigenvalue weighted by atomic mass is 35.5. The van der Waals surface area contributed by atoms with E-state index in [1.54, 1.807) is 49.6 Å². The van der Waals surface area contributed by atoms with Gasteiger partial charge in [0.1, 0.15) is 18.1 Å². The average Bonchev–Trinajstić information content (AvgIpc) is 2.79. The summed E-state index contributed by atoms with van der Waals surface area (Å²) in [6.07, 6.45) is 0. The molecule has 0 aliphatic heterocycles. The first-order valence-electron chi connectivity index (χ1n) is 9.31. The van der Waals surface area contributed by atoms with E-state index < -0.39 is 10.0 Å². The molecule has 0 heterocycles. The van der Waals surface area contributed by atoms with E-state index in [0.29, 0.717) is 11.3 Å². The highest BCUT2D eigenvalue weighted by molar-refractivity contribution is 7.92. The Hall–Kier alpha value is -3.23. The van der Waals surface area contributed by atoms with Gasteiger partial charge in [-0.15, -0.1) is 0 Å². The van der Waals surface area contributed by atoms with Crippen molar-refractivity contribution in [3.63, 3.8) is 0 Å². The van der Waals surface area contributed by atoms with Gasteiger partial charge < -0.3 is 14.8 Å². The molecule has 1 amide bonds. The molecule has 31 heavy (non-hydrogen) atoms. The Morgan fingerprint density at radius 2 is 1.65 bits per heavy atom. The van der Waals surface area contributed by atoms with Gasteiger partial charge in [0.05, 0.1) is 29.3 Å². The summed E-state index contributed by atoms with van der Waals surface area (Å²) < 4.78 is 37.9. The number of hydrogen-bond donors (Lipinski definition) is 2. The third-order valence-electron chi connectivity index (χ3n) is 4.24. The van der Waals surface area contributed by atoms with E-state index in [1.807, 2.05) is 0 Å². The summed E-state index contributed by atoms with van der Waals surface area (Å²) in [6, 6.07) is 19.4. The van der Waals surface area contributed by atoms with Crippen LogP contribution in [0.4, 0.5) is 5.69 Å². The van der Waals surface area contributed by atoms with Crippen molar-refractivity contribution < 1.29 is 22.7 Å². The quantitative estimate of drug-likeness (QED) is 0.471. The molecule has 0 radical (unpaired) electrons. The number of amides is 1. The van der Waals surface area contributed by atoms with Gasteiger partial charge in [-0.05, 0) is 54.6 Å². The van der Waals surface area contributed by atoms with E-state index in [-0.39, 0.29) is 34.7 Å². The lowest BCUT2D eigenvalue weighted by atomic mass is 10.2. The molecule has 0 aromatic heterocycles. The number of hydrogen-bond acceptors (Lipinski definition) is 5. The molecule has 9 heteroatoms. The Morgan fingerprint density at radius 1 is 0.968 bits per heavy atom. The Morgan fingerprint density at radius 3 is 2.29 bits per heavy atom. The van der Waals surface area contributed by atoms with Gasteiger partial charge in [-0.25, -0.2) is 8.42 Å². The maximum atomic E-state index is 12.4. The highest BCUT2D eigenvalue weighted by Gasteiger charge is 2.16. The lowest BCUT2D eigenvalue weighted by molar-refractivity contribution is 0.0947. The summed E-state index contributed by atoms with van der Waals surface area (Å²) in [5, 5.41) is 2.84. The summed E-state index contributed by atoms with van der Waals surface area (Å²) in [4.78, 5) is 12.4. The van der Waals surface area contributed by atoms with Gasteiger partial charge in [0.15, 0.2) is 0 Å². The molecule has 3 rings (SSSR count). The van der Waals surface area contributed by atoms with Gasteiger partial charge in [0.25, 0.3) is 15.9 Å². The average molecular weight is 461 g/mol. The van der Waals surface area contributed by atoms with Gasteiger partial charge in [-0.1, -0.05) is 29.8 Å². The second-order valence-electron chi connectivity index (χ2n) is 6.39. The second kappa shape index (κ2) is 10.2. The van der Waals surface area contributed by atoms with Crippen molar-refractivity contribution >= 4 is 33.2 Å². The molecule has 2 N–H and O–H groups in total. The third kappa shape index (κ3) is 6.13. The number of halogens is 1. The molecule has 0 saturated carbocycles.